The molecule has 0 aliphatic rings. The van der Waals surface area contributed by atoms with Gasteiger partial charge in [-0.25, -0.2) is 68.2 Å². The molecule has 0 bridgehead atoms. The Morgan fingerprint density at radius 3 is 1.20 bits per heavy atom. The van der Waals surface area contributed by atoms with E-state index in [1.165, 1.54) is 96.7 Å². The maximum atomic E-state index is 12.9. The molecule has 0 aliphatic carbocycles. The third kappa shape index (κ3) is 24.7. The second-order valence-corrected chi connectivity index (χ2v) is 21.0. The van der Waals surface area contributed by atoms with E-state index in [0.29, 0.717) is 24.2 Å². The van der Waals surface area contributed by atoms with E-state index in [1.54, 1.807) is 37.6 Å². The molecule has 0 spiro atoms. The first-order valence-electron chi connectivity index (χ1n) is 24.8. The van der Waals surface area contributed by atoms with Crippen LogP contribution >= 0.6 is 23.5 Å². The Morgan fingerprint density at radius 2 is 0.857 bits per heavy atom. The van der Waals surface area contributed by atoms with Crippen molar-refractivity contribution >= 4 is 56.7 Å². The number of ether oxygens (including phenoxy) is 4. The van der Waals surface area contributed by atoms with Crippen molar-refractivity contribution in [3.63, 3.8) is 0 Å². The van der Waals surface area contributed by atoms with Crippen LogP contribution in [-0.2, 0) is 45.3 Å². The summed E-state index contributed by atoms with van der Waals surface area (Å²) in [7, 11) is -1.85. The lowest BCUT2D eigenvalue weighted by molar-refractivity contribution is -0.142. The maximum absolute atomic E-state index is 12.9. The number of hydrogen-bond donors (Lipinski definition) is 2. The van der Waals surface area contributed by atoms with Crippen molar-refractivity contribution in [1.29, 1.82) is 0 Å². The van der Waals surface area contributed by atoms with Crippen LogP contribution in [0.1, 0.15) is 58.5 Å². The van der Waals surface area contributed by atoms with Crippen molar-refractivity contribution in [3.05, 3.63) is 126 Å². The quantitative estimate of drug-likeness (QED) is 0.0497. The number of aromatic nitrogens is 12. The summed E-state index contributed by atoms with van der Waals surface area (Å²) < 4.78 is 213. The minimum atomic E-state index is -4.81. The number of halogens is 12. The number of rotatable bonds is 12. The average molecular weight is 1380 g/mol. The smallest absolute Gasteiger partial charge is 0.481 e. The van der Waals surface area contributed by atoms with Gasteiger partial charge in [-0.2, -0.15) is 52.7 Å². The third-order valence-electron chi connectivity index (χ3n) is 10.1. The number of sulfone groups is 1. The van der Waals surface area contributed by atoms with E-state index < -0.39 is 85.5 Å². The van der Waals surface area contributed by atoms with E-state index in [-0.39, 0.29) is 82.4 Å². The second kappa shape index (κ2) is 36.2. The van der Waals surface area contributed by atoms with Gasteiger partial charge in [-0.05, 0) is 86.2 Å². The van der Waals surface area contributed by atoms with E-state index in [0.717, 1.165) is 48.0 Å². The van der Waals surface area contributed by atoms with E-state index in [1.807, 2.05) is 0 Å². The third-order valence-corrected chi connectivity index (χ3v) is 12.7. The number of thioether (sulfide) groups is 2. The highest BCUT2D eigenvalue weighted by Gasteiger charge is 2.37. The first kappa shape index (κ1) is 79.2. The summed E-state index contributed by atoms with van der Waals surface area (Å²) in [6, 6.07) is 15.5. The zero-order valence-electron chi connectivity index (χ0n) is 48.8. The summed E-state index contributed by atoms with van der Waals surface area (Å²) in [6.07, 6.45) is -7.39. The normalized spacial score (nSPS) is 11.5. The van der Waals surface area contributed by atoms with Gasteiger partial charge in [-0.15, -0.1) is 0 Å². The molecule has 0 saturated carbocycles. The molecule has 2 N–H and O–H groups in total. The lowest BCUT2D eigenvalue weighted by atomic mass is 9.81. The fourth-order valence-electron chi connectivity index (χ4n) is 6.30. The van der Waals surface area contributed by atoms with E-state index >= 15 is 0 Å². The van der Waals surface area contributed by atoms with Gasteiger partial charge in [0.2, 0.25) is 43.7 Å². The van der Waals surface area contributed by atoms with Crippen molar-refractivity contribution in [2.24, 2.45) is 0 Å². The minimum Gasteiger partial charge on any atom is -0.481 e. The predicted molar refractivity (Wildman–Crippen MR) is 317 cm³/mol. The van der Waals surface area contributed by atoms with Gasteiger partial charge in [0.1, 0.15) is 22.8 Å². The Hall–Kier alpha value is -7.94. The number of pyridine rings is 4. The fraction of sp³-hybridized carbons (Fsp3) is 0.321. The second-order valence-electron chi connectivity index (χ2n) is 16.2. The fourth-order valence-corrected chi connectivity index (χ4v) is 8.09. The molecule has 8 heterocycles. The molecule has 38 heteroatoms. The number of aryl methyl sites for hydroxylation is 1. The number of nitrogens with zero attached hydrogens (tertiary/aromatic N) is 12. The van der Waals surface area contributed by atoms with E-state index in [9.17, 15) is 65.3 Å². The summed E-state index contributed by atoms with van der Waals surface area (Å²) >= 11 is 2.13. The molecule has 1 atom stereocenters. The van der Waals surface area contributed by atoms with E-state index in [2.05, 4.69) is 59.8 Å². The van der Waals surface area contributed by atoms with Crippen LogP contribution < -0.4 is 24.4 Å². The monoisotopic (exact) mass is 1380 g/mol. The number of hydrogen-bond acceptors (Lipinski definition) is 23. The average Bonchev–Trinajstić information content (AvgIpc) is 0.832. The Kier molecular flexibility index (Phi) is 31.5. The summed E-state index contributed by atoms with van der Waals surface area (Å²) in [5.74, 6) is 0.597. The number of methoxy groups -OCH3 is 4. The summed E-state index contributed by atoms with van der Waals surface area (Å²) in [6.45, 7) is 3.80. The highest BCUT2D eigenvalue weighted by Crippen LogP contribution is 2.37. The van der Waals surface area contributed by atoms with Gasteiger partial charge in [-0.3, -0.25) is 4.21 Å². The van der Waals surface area contributed by atoms with Crippen molar-refractivity contribution in [2.45, 2.75) is 80.9 Å². The molecule has 91 heavy (non-hydrogen) atoms. The van der Waals surface area contributed by atoms with Crippen molar-refractivity contribution in [3.8, 4) is 57.3 Å². The molecule has 0 amide bonds. The number of alkyl halides is 12. The van der Waals surface area contributed by atoms with Crippen LogP contribution in [0.3, 0.4) is 0 Å². The molecule has 21 nitrogen and oxygen atoms in total. The molecule has 1 unspecified atom stereocenters. The Morgan fingerprint density at radius 1 is 0.527 bits per heavy atom. The van der Waals surface area contributed by atoms with Gasteiger partial charge in [0.25, 0.3) is 0 Å². The van der Waals surface area contributed by atoms with Gasteiger partial charge < -0.3 is 29.0 Å². The van der Waals surface area contributed by atoms with Gasteiger partial charge in [-0.1, -0.05) is 58.3 Å². The standard InChI is InChI=1S/C12H10F3N3O3S.C12H10F3N3O2S.C12H10F3N3OS.C7H7F3N2S.C6H8BNO3.C2H6.2CH4/c1-21-10-7(4-3-5-16-10)8-6-9(12(13,14)15)18-11(17-8)22(2,19)20;1-20-10-7(4-3-5-16-10)8-6-9(12(13,14)15)18-11(17-8)21(2)19;1-19-10-7(4-3-5-16-10)8-6-9(12(13,14)15)18-11(17-8)20-2;1-4-3-5(7(8,9)10)12-6(11-4)13-2;1-11-6-5(7(9)10)3-2-4-8-6;1-2;;/h3-6H,1-2H3;3-6H,1-2H3;3-6H,1-2H3;3H,1-2H3;2-4,9-10H,1H3;1-2H3;2*1H4/i;;;;;1D;;. The zero-order valence-corrected chi connectivity index (χ0v) is 51.1. The van der Waals surface area contributed by atoms with Gasteiger partial charge in [0, 0.05) is 49.8 Å². The van der Waals surface area contributed by atoms with Crippen LogP contribution in [0.15, 0.2) is 118 Å². The SMILES string of the molecule is C.C.COc1ncccc1-c1cc(C(F)(F)F)nc(S(C)(=O)=O)n1.COc1ncccc1-c1cc(C(F)(F)F)nc(S(C)=O)n1.COc1ncccc1-c1cc(C(F)(F)F)nc(SC)n1.COc1ncccc1B(O)O.CSc1nc(C)cc(C(F)(F)F)n1.[2H]CC. The lowest BCUT2D eigenvalue weighted by Crippen LogP contribution is -2.31. The minimum absolute atomic E-state index is 0. The maximum Gasteiger partial charge on any atom is 0.493 e. The Balaban J connectivity index is 0.000000576. The molecule has 0 radical (unpaired) electrons. The van der Waals surface area contributed by atoms with Crippen LogP contribution in [0.2, 0.25) is 0 Å². The van der Waals surface area contributed by atoms with Crippen LogP contribution in [-0.4, -0.2) is 143 Å². The largest absolute Gasteiger partial charge is 0.493 e. The summed E-state index contributed by atoms with van der Waals surface area (Å²) in [5, 5.41) is 16.4. The van der Waals surface area contributed by atoms with Crippen molar-refractivity contribution < 1.29 is 95.7 Å². The van der Waals surface area contributed by atoms with Crippen LogP contribution in [0.4, 0.5) is 52.7 Å². The summed E-state index contributed by atoms with van der Waals surface area (Å²) in [4.78, 5) is 44.1. The molecule has 0 aromatic carbocycles. The molecular weight excluding hydrogens is 1320 g/mol. The van der Waals surface area contributed by atoms with Crippen LogP contribution in [0, 0.1) is 6.92 Å². The molecule has 8 aromatic heterocycles. The Bertz CT molecular complexity index is 3780. The Labute approximate surface area is 527 Å². The lowest BCUT2D eigenvalue weighted by Gasteiger charge is -2.11. The highest BCUT2D eigenvalue weighted by molar-refractivity contribution is 7.98. The highest BCUT2D eigenvalue weighted by atomic mass is 32.2. The first-order valence-corrected chi connectivity index (χ1v) is 30.0. The molecule has 8 rings (SSSR count). The van der Waals surface area contributed by atoms with Crippen molar-refractivity contribution in [1.82, 2.24) is 59.8 Å². The van der Waals surface area contributed by atoms with Gasteiger partial charge in [0.05, 0.1) is 73.0 Å². The molecule has 0 aliphatic heterocycles. The predicted octanol–water partition coefficient (Wildman–Crippen LogP) is 11.2. The molecule has 8 aromatic rings. The first-order chi connectivity index (χ1) is 42.0. The zero-order chi connectivity index (χ0) is 68.0. The molecule has 0 saturated heterocycles. The van der Waals surface area contributed by atoms with E-state index in [4.69, 9.17) is 30.4 Å². The van der Waals surface area contributed by atoms with Crippen molar-refractivity contribution in [2.75, 3.05) is 53.5 Å². The topological polar surface area (TPSA) is 283 Å². The summed E-state index contributed by atoms with van der Waals surface area (Å²) in [5.41, 5.74) is -3.18. The molecule has 496 valence electrons. The van der Waals surface area contributed by atoms with Crippen LogP contribution in [0.5, 0.6) is 23.5 Å². The molecular formula is C53H59BF12N12O9S4. The molecule has 0 fully saturated rings. The van der Waals surface area contributed by atoms with Crippen LogP contribution in [0.25, 0.3) is 33.8 Å². The van der Waals surface area contributed by atoms with Gasteiger partial charge in [0.15, 0.2) is 10.3 Å². The van der Waals surface area contributed by atoms with Gasteiger partial charge >= 0.3 is 31.8 Å².